The molecule has 1 saturated carbocycles. The molecular weight excluding hydrogens is 540 g/mol. The van der Waals surface area contributed by atoms with E-state index in [-0.39, 0.29) is 32.2 Å². The monoisotopic (exact) mass is 572 g/mol. The molecule has 153 valence electrons. The van der Waals surface area contributed by atoms with Crippen molar-refractivity contribution in [3.05, 3.63) is 59.0 Å². The van der Waals surface area contributed by atoms with E-state index in [4.69, 9.17) is 18.4 Å². The second-order valence-electron chi connectivity index (χ2n) is 7.28. The quantitative estimate of drug-likeness (QED) is 0.199. The van der Waals surface area contributed by atoms with Gasteiger partial charge in [-0.1, -0.05) is 34.6 Å². The van der Waals surface area contributed by atoms with E-state index in [0.717, 1.165) is 6.42 Å². The zero-order chi connectivity index (χ0) is 22.5. The first kappa shape index (κ1) is 38.2. The Morgan fingerprint density at radius 2 is 1.25 bits per heavy atom. The minimum Gasteiger partial charge on any atom is -0.421 e. The predicted molar refractivity (Wildman–Crippen MR) is 108 cm³/mol. The molecule has 0 aromatic heterocycles. The zero-order valence-corrected chi connectivity index (χ0v) is 21.9. The molecule has 1 aliphatic carbocycles. The van der Waals surface area contributed by atoms with Crippen LogP contribution in [0.4, 0.5) is 0 Å². The van der Waals surface area contributed by atoms with Crippen LogP contribution in [-0.2, 0) is 39.4 Å². The van der Waals surface area contributed by atoms with Crippen molar-refractivity contribution in [2.24, 2.45) is 5.92 Å². The summed E-state index contributed by atoms with van der Waals surface area (Å²) in [4.78, 5) is 0. The second kappa shape index (κ2) is 24.6. The molecule has 0 N–H and O–H groups in total. The fourth-order valence-electron chi connectivity index (χ4n) is 1.53. The molecule has 1 aliphatic rings. The van der Waals surface area contributed by atoms with Crippen LogP contribution >= 0.6 is 0 Å². The molecule has 0 aliphatic heterocycles. The van der Waals surface area contributed by atoms with Gasteiger partial charge in [-0.05, 0) is 62.6 Å². The number of hydrogen-bond donors (Lipinski definition) is 0. The van der Waals surface area contributed by atoms with Gasteiger partial charge in [0.15, 0.2) is 8.32 Å². The van der Waals surface area contributed by atoms with E-state index in [1.165, 1.54) is 0 Å². The molecule has 1 unspecified atom stereocenters. The number of hydrogen-bond acceptors (Lipinski definition) is 1. The van der Waals surface area contributed by atoms with Crippen LogP contribution in [0, 0.1) is 76.7 Å². The van der Waals surface area contributed by atoms with Crippen molar-refractivity contribution in [2.75, 3.05) is 0 Å². The smallest absolute Gasteiger partial charge is 0.421 e. The van der Waals surface area contributed by atoms with Crippen LogP contribution in [0.1, 0.15) is 41.0 Å². The molecule has 1 rings (SSSR count). The van der Waals surface area contributed by atoms with Crippen LogP contribution in [0.3, 0.4) is 0 Å². The molecule has 6 heteroatoms. The van der Waals surface area contributed by atoms with Crippen molar-refractivity contribution in [3.63, 3.8) is 0 Å². The van der Waals surface area contributed by atoms with Gasteiger partial charge in [0.05, 0.1) is 0 Å². The van der Waals surface area contributed by atoms with Gasteiger partial charge >= 0.3 is 55.0 Å². The van der Waals surface area contributed by atoms with E-state index >= 15 is 0 Å². The van der Waals surface area contributed by atoms with Gasteiger partial charge in [0.1, 0.15) is 0 Å². The molecule has 0 heterocycles. The predicted octanol–water partition coefficient (Wildman–Crippen LogP) is 5.17. The van der Waals surface area contributed by atoms with Gasteiger partial charge in [0.2, 0.25) is 0 Å². The van der Waals surface area contributed by atoms with Gasteiger partial charge < -0.3 is 4.43 Å². The number of rotatable bonds is 4. The Kier molecular flexibility index (Phi) is 33.5. The molecule has 0 saturated heterocycles. The first-order valence-corrected chi connectivity index (χ1v) is 11.2. The summed E-state index contributed by atoms with van der Waals surface area (Å²) < 4.78 is 28.8. The Morgan fingerprint density at radius 1 is 0.929 bits per heavy atom. The van der Waals surface area contributed by atoms with Gasteiger partial charge in [-0.3, -0.25) is 11.8 Å². The van der Waals surface area contributed by atoms with Gasteiger partial charge in [0.25, 0.3) is 0 Å². The Bertz CT molecular complexity index is 425. The van der Waals surface area contributed by atoms with Crippen molar-refractivity contribution in [3.8, 4) is 11.8 Å². The average Bonchev–Trinajstić information content (AvgIpc) is 3.18. The van der Waals surface area contributed by atoms with E-state index in [1.54, 1.807) is 0 Å². The molecule has 0 amide bonds. The zero-order valence-electron chi connectivity index (χ0n) is 18.0. The fraction of sp³-hybridized carbons (Fsp3) is 0.500. The summed E-state index contributed by atoms with van der Waals surface area (Å²) >= 11 is 0. The Hall–Kier alpha value is -0.485. The Balaban J connectivity index is -0.000000121. The summed E-state index contributed by atoms with van der Waals surface area (Å²) in [6.07, 6.45) is 11.0. The standard InChI is InChI=1S/C14H27OSi.C5H5.3CO.W/c1-9-10-13(11-12(2)3)15-16(7,8)14(4,5)6;1-2-4-5-3-1;3*1-2;/h12-13H,1,11H2,2-8H3;1-5H;;;;/q-1;;;;;+2. The van der Waals surface area contributed by atoms with Crippen molar-refractivity contribution in [1.29, 1.82) is 0 Å². The van der Waals surface area contributed by atoms with Crippen LogP contribution < -0.4 is 0 Å². The second-order valence-corrected chi connectivity index (χ2v) is 12.0. The van der Waals surface area contributed by atoms with Crippen molar-refractivity contribution >= 4 is 8.32 Å². The molecule has 4 nitrogen and oxygen atoms in total. The Labute approximate surface area is 189 Å². The van der Waals surface area contributed by atoms with Crippen molar-refractivity contribution in [2.45, 2.75) is 65.3 Å². The third kappa shape index (κ3) is 23.6. The molecule has 28 heavy (non-hydrogen) atoms. The van der Waals surface area contributed by atoms with E-state index in [0.29, 0.717) is 5.92 Å². The van der Waals surface area contributed by atoms with E-state index in [1.807, 2.05) is 32.1 Å². The SMILES string of the molecule is [C-]#[O+].[C-]#[O+].[C-]#[O+].[CH2-]C#CC(CC(C)C)O[Si](C)(C)C(C)(C)C.[CH]1[CH][CH][CH][CH]1.[W+2]. The minimum atomic E-state index is -1.70. The average molecular weight is 572 g/mol. The largest absolute Gasteiger partial charge is 2.00 e. The van der Waals surface area contributed by atoms with Crippen LogP contribution in [0.15, 0.2) is 0 Å². The summed E-state index contributed by atoms with van der Waals surface area (Å²) in [5, 5.41) is 0.241. The normalized spacial score (nSPS) is 12.8. The van der Waals surface area contributed by atoms with Gasteiger partial charge in [-0.15, -0.1) is 0 Å². The van der Waals surface area contributed by atoms with Gasteiger partial charge in [0, 0.05) is 6.10 Å². The third-order valence-corrected chi connectivity index (χ3v) is 8.23. The molecule has 0 aromatic carbocycles. The Morgan fingerprint density at radius 3 is 1.46 bits per heavy atom. The maximum Gasteiger partial charge on any atom is 2.00 e. The van der Waals surface area contributed by atoms with Crippen LogP contribution in [0.2, 0.25) is 18.1 Å². The van der Waals surface area contributed by atoms with Crippen LogP contribution in [0.5, 0.6) is 0 Å². The fourth-order valence-corrected chi connectivity index (χ4v) is 2.75. The minimum absolute atomic E-state index is 0. The summed E-state index contributed by atoms with van der Waals surface area (Å²) in [5.41, 5.74) is 0. The van der Waals surface area contributed by atoms with Crippen LogP contribution in [0.25, 0.3) is 0 Å². The van der Waals surface area contributed by atoms with Gasteiger partial charge in [-0.25, -0.2) is 0 Å². The van der Waals surface area contributed by atoms with Crippen molar-refractivity contribution in [1.82, 2.24) is 0 Å². The van der Waals surface area contributed by atoms with E-state index < -0.39 is 8.32 Å². The van der Waals surface area contributed by atoms with E-state index in [2.05, 4.69) is 86.4 Å². The molecule has 5 radical (unpaired) electrons. The first-order chi connectivity index (χ1) is 12.6. The summed E-state index contributed by atoms with van der Waals surface area (Å²) in [6, 6.07) is 0. The third-order valence-electron chi connectivity index (χ3n) is 3.75. The van der Waals surface area contributed by atoms with Crippen LogP contribution in [-0.4, -0.2) is 14.4 Å². The maximum absolute atomic E-state index is 7.50. The molecule has 1 atom stereocenters. The summed E-state index contributed by atoms with van der Waals surface area (Å²) in [5.74, 6) is 6.45. The molecule has 0 bridgehead atoms. The topological polar surface area (TPSA) is 68.9 Å². The summed E-state index contributed by atoms with van der Waals surface area (Å²) in [7, 11) is -1.70. The summed E-state index contributed by atoms with van der Waals surface area (Å²) in [6.45, 7) is 32.8. The molecular formula is C22H32O4SiW+. The molecule has 0 aromatic rings. The van der Waals surface area contributed by atoms with Crippen molar-refractivity contribution < 1.29 is 39.4 Å². The van der Waals surface area contributed by atoms with E-state index in [9.17, 15) is 0 Å². The first-order valence-electron chi connectivity index (χ1n) is 8.33. The van der Waals surface area contributed by atoms with Gasteiger partial charge in [-0.2, -0.15) is 6.92 Å². The molecule has 0 spiro atoms. The maximum atomic E-state index is 7.50. The molecule has 1 fully saturated rings.